The van der Waals surface area contributed by atoms with Crippen molar-refractivity contribution in [3.8, 4) is 0 Å². The van der Waals surface area contributed by atoms with Crippen molar-refractivity contribution in [1.29, 1.82) is 0 Å². The quantitative estimate of drug-likeness (QED) is 0.0863. The van der Waals surface area contributed by atoms with Crippen LogP contribution in [0, 0.1) is 11.8 Å². The summed E-state index contributed by atoms with van der Waals surface area (Å²) in [6, 6.07) is 0. The van der Waals surface area contributed by atoms with Gasteiger partial charge in [0, 0.05) is 87.8 Å². The first-order chi connectivity index (χ1) is 22.0. The Bertz CT molecular complexity index is 1610. The predicted molar refractivity (Wildman–Crippen MR) is 165 cm³/mol. The molecule has 0 aliphatic carbocycles. The number of likely N-dealkylation sites (tertiary alicyclic amines) is 2. The Hall–Kier alpha value is -4.50. The standard InChI is InChI=1S/2C12H16N4O3.C4H6O4.H2O/c2*17-5-8-3-16(4-9(8)18)2-7-1-13-11-10(7)14-6-15-12(11)19;5-3(6)1-2-4(7)8;/h2*1,6,8-9,13,17-18H,2-5H2,(H,14,15,19);1-2H2,(H,5,6)(H,7,8);1H2/t2*8-,9+;;/m11../s1. The van der Waals surface area contributed by atoms with E-state index in [0.29, 0.717) is 61.3 Å². The number of nitrogens with one attached hydrogen (secondary N) is 4. The summed E-state index contributed by atoms with van der Waals surface area (Å²) >= 11 is 0. The highest BCUT2D eigenvalue weighted by molar-refractivity contribution is 5.78. The molecule has 6 rings (SSSR count). The zero-order chi connectivity index (χ0) is 33.4. The molecule has 0 spiro atoms. The number of aliphatic carboxylic acids is 2. The molecule has 2 aliphatic rings. The van der Waals surface area contributed by atoms with Gasteiger partial charge in [-0.15, -0.1) is 0 Å². The van der Waals surface area contributed by atoms with Crippen LogP contribution in [0.15, 0.2) is 34.6 Å². The smallest absolute Gasteiger partial charge is 0.303 e. The van der Waals surface area contributed by atoms with E-state index in [0.717, 1.165) is 11.1 Å². The Morgan fingerprint density at radius 2 is 1.09 bits per heavy atom. The molecule has 12 N–H and O–H groups in total. The summed E-state index contributed by atoms with van der Waals surface area (Å²) in [6.45, 7) is 3.53. The number of rotatable bonds is 9. The number of hydrogen-bond donors (Lipinski definition) is 10. The number of aliphatic hydroxyl groups excluding tert-OH is 4. The SMILES string of the molecule is O.O=C(O)CCC(=O)O.O=c1[nH]cnc2c(CN3C[C@H](CO)[C@@H](O)C3)c[nH]c12.O=c1[nH]cnc2c(CN3C[C@H](CO)[C@@H](O)C3)c[nH]c12. The maximum absolute atomic E-state index is 11.6. The highest BCUT2D eigenvalue weighted by Gasteiger charge is 2.32. The second-order valence-corrected chi connectivity index (χ2v) is 11.2. The van der Waals surface area contributed by atoms with Gasteiger partial charge in [0.2, 0.25) is 0 Å². The molecule has 0 saturated carbocycles. The summed E-state index contributed by atoms with van der Waals surface area (Å²) in [4.78, 5) is 65.8. The Morgan fingerprint density at radius 3 is 1.40 bits per heavy atom. The summed E-state index contributed by atoms with van der Waals surface area (Å²) in [5.74, 6) is -2.34. The third-order valence-corrected chi connectivity index (χ3v) is 7.87. The second kappa shape index (κ2) is 16.9. The number of fused-ring (bicyclic) bond motifs is 2. The van der Waals surface area contributed by atoms with Gasteiger partial charge in [-0.25, -0.2) is 9.97 Å². The van der Waals surface area contributed by atoms with Crippen LogP contribution in [-0.2, 0) is 22.7 Å². The van der Waals surface area contributed by atoms with Crippen molar-refractivity contribution in [3.63, 3.8) is 0 Å². The van der Waals surface area contributed by atoms with Crippen LogP contribution in [0.5, 0.6) is 0 Å². The minimum Gasteiger partial charge on any atom is -0.481 e. The number of nitrogens with zero attached hydrogens (tertiary/aromatic N) is 4. The topological polar surface area (TPSA) is 317 Å². The lowest BCUT2D eigenvalue weighted by molar-refractivity contribution is -0.143. The molecular weight excluding hydrogens is 624 g/mol. The molecule has 19 heteroatoms. The fraction of sp³-hybridized carbons (Fsp3) is 0.500. The van der Waals surface area contributed by atoms with E-state index >= 15 is 0 Å². The van der Waals surface area contributed by atoms with Gasteiger partial charge in [0.1, 0.15) is 11.0 Å². The molecular formula is C28H40N8O11. The van der Waals surface area contributed by atoms with Gasteiger partial charge in [-0.05, 0) is 0 Å². The number of β-amino-alcohol motifs (C(OH)–C–C–N with tert-alkyl or cyclic N) is 2. The van der Waals surface area contributed by atoms with Crippen LogP contribution in [0.4, 0.5) is 0 Å². The van der Waals surface area contributed by atoms with E-state index < -0.39 is 24.1 Å². The maximum atomic E-state index is 11.6. The third-order valence-electron chi connectivity index (χ3n) is 7.87. The summed E-state index contributed by atoms with van der Waals surface area (Å²) in [5.41, 5.74) is 3.72. The van der Waals surface area contributed by atoms with Crippen LogP contribution in [0.3, 0.4) is 0 Å². The molecule has 0 radical (unpaired) electrons. The Labute approximate surface area is 265 Å². The fourth-order valence-corrected chi connectivity index (χ4v) is 5.45. The zero-order valence-electron chi connectivity index (χ0n) is 25.3. The number of H-pyrrole nitrogens is 4. The van der Waals surface area contributed by atoms with Crippen LogP contribution >= 0.6 is 0 Å². The van der Waals surface area contributed by atoms with Gasteiger partial charge in [-0.3, -0.25) is 29.0 Å². The Kier molecular flexibility index (Phi) is 13.3. The Balaban J connectivity index is 0.000000206. The first kappa shape index (κ1) is 37.0. The van der Waals surface area contributed by atoms with Crippen molar-refractivity contribution in [2.45, 2.75) is 38.1 Å². The fourth-order valence-electron chi connectivity index (χ4n) is 5.45. The van der Waals surface area contributed by atoms with Gasteiger partial charge in [0.05, 0.1) is 48.7 Å². The van der Waals surface area contributed by atoms with Crippen LogP contribution in [0.2, 0.25) is 0 Å². The highest BCUT2D eigenvalue weighted by atomic mass is 16.4. The lowest BCUT2D eigenvalue weighted by Crippen LogP contribution is -2.21. The van der Waals surface area contributed by atoms with Crippen LogP contribution in [0.25, 0.3) is 22.1 Å². The molecule has 2 saturated heterocycles. The van der Waals surface area contributed by atoms with Crippen LogP contribution in [-0.4, -0.2) is 139 Å². The first-order valence-corrected chi connectivity index (χ1v) is 14.5. The average molecular weight is 665 g/mol. The Morgan fingerprint density at radius 1 is 0.702 bits per heavy atom. The summed E-state index contributed by atoms with van der Waals surface area (Å²) in [6.07, 6.45) is 4.73. The normalized spacial score (nSPS) is 21.1. The molecule has 0 unspecified atom stereocenters. The monoisotopic (exact) mass is 664 g/mol. The summed E-state index contributed by atoms with van der Waals surface area (Å²) in [7, 11) is 0. The molecule has 6 heterocycles. The summed E-state index contributed by atoms with van der Waals surface area (Å²) < 4.78 is 0. The van der Waals surface area contributed by atoms with Crippen molar-refractivity contribution in [1.82, 2.24) is 39.7 Å². The number of carboxylic acids is 2. The number of carboxylic acid groups (broad SMARTS) is 2. The lowest BCUT2D eigenvalue weighted by Gasteiger charge is -2.13. The molecule has 4 atom stereocenters. The van der Waals surface area contributed by atoms with E-state index in [9.17, 15) is 29.4 Å². The van der Waals surface area contributed by atoms with Crippen molar-refractivity contribution in [2.75, 3.05) is 39.4 Å². The van der Waals surface area contributed by atoms with E-state index in [1.54, 1.807) is 12.4 Å². The van der Waals surface area contributed by atoms with Gasteiger partial charge < -0.3 is 56.1 Å². The molecule has 4 aromatic heterocycles. The highest BCUT2D eigenvalue weighted by Crippen LogP contribution is 2.22. The minimum absolute atomic E-state index is 0. The van der Waals surface area contributed by atoms with E-state index in [1.807, 2.05) is 0 Å². The number of aromatic amines is 4. The minimum atomic E-state index is -1.08. The van der Waals surface area contributed by atoms with Gasteiger partial charge in [-0.1, -0.05) is 0 Å². The molecule has 0 amide bonds. The molecule has 0 bridgehead atoms. The molecule has 2 fully saturated rings. The molecule has 19 nitrogen and oxygen atoms in total. The number of carbonyl (C=O) groups is 2. The molecule has 2 aliphatic heterocycles. The van der Waals surface area contributed by atoms with Gasteiger partial charge in [0.15, 0.2) is 0 Å². The zero-order valence-corrected chi connectivity index (χ0v) is 25.3. The molecule has 0 aromatic carbocycles. The number of aromatic nitrogens is 6. The van der Waals surface area contributed by atoms with E-state index in [4.69, 9.17) is 20.4 Å². The summed E-state index contributed by atoms with van der Waals surface area (Å²) in [5, 5.41) is 53.6. The van der Waals surface area contributed by atoms with E-state index in [2.05, 4.69) is 39.7 Å². The van der Waals surface area contributed by atoms with Gasteiger partial charge >= 0.3 is 11.9 Å². The number of aliphatic hydroxyl groups is 4. The largest absolute Gasteiger partial charge is 0.481 e. The van der Waals surface area contributed by atoms with Crippen LogP contribution < -0.4 is 11.1 Å². The van der Waals surface area contributed by atoms with Crippen molar-refractivity contribution < 1.29 is 45.7 Å². The van der Waals surface area contributed by atoms with Crippen molar-refractivity contribution in [2.24, 2.45) is 11.8 Å². The van der Waals surface area contributed by atoms with Crippen molar-refractivity contribution in [3.05, 3.63) is 56.9 Å². The second-order valence-electron chi connectivity index (χ2n) is 11.2. The predicted octanol–water partition coefficient (Wildman–Crippen LogP) is -2.82. The van der Waals surface area contributed by atoms with Crippen LogP contribution in [0.1, 0.15) is 24.0 Å². The van der Waals surface area contributed by atoms with E-state index in [-0.39, 0.29) is 54.5 Å². The maximum Gasteiger partial charge on any atom is 0.303 e. The van der Waals surface area contributed by atoms with E-state index in [1.165, 1.54) is 12.7 Å². The van der Waals surface area contributed by atoms with Gasteiger partial charge in [-0.2, -0.15) is 0 Å². The molecule has 258 valence electrons. The number of hydrogen-bond acceptors (Lipinski definition) is 12. The molecule has 47 heavy (non-hydrogen) atoms. The lowest BCUT2D eigenvalue weighted by atomic mass is 10.1. The van der Waals surface area contributed by atoms with Gasteiger partial charge in [0.25, 0.3) is 11.1 Å². The third kappa shape index (κ3) is 9.51. The molecule has 4 aromatic rings. The average Bonchev–Trinajstić information content (AvgIpc) is 3.80. The first-order valence-electron chi connectivity index (χ1n) is 14.5. The van der Waals surface area contributed by atoms with Crippen molar-refractivity contribution >= 4 is 34.0 Å².